The summed E-state index contributed by atoms with van der Waals surface area (Å²) in [6.45, 7) is 4.02. The number of fused-ring (bicyclic) bond motifs is 1. The molecular formula is C21H24Cl2N4O3. The number of benzene rings is 1. The van der Waals surface area contributed by atoms with Crippen LogP contribution >= 0.6 is 24.8 Å². The van der Waals surface area contributed by atoms with Gasteiger partial charge in [0, 0.05) is 31.0 Å². The highest BCUT2D eigenvalue weighted by Crippen LogP contribution is 2.31. The van der Waals surface area contributed by atoms with E-state index in [0.29, 0.717) is 30.8 Å². The number of imide groups is 1. The summed E-state index contributed by atoms with van der Waals surface area (Å²) in [4.78, 5) is 45.3. The summed E-state index contributed by atoms with van der Waals surface area (Å²) >= 11 is 0. The van der Waals surface area contributed by atoms with Crippen molar-refractivity contribution in [1.82, 2.24) is 14.8 Å². The lowest BCUT2D eigenvalue weighted by atomic mass is 9.90. The quantitative estimate of drug-likeness (QED) is 0.721. The first kappa shape index (κ1) is 23.8. The summed E-state index contributed by atoms with van der Waals surface area (Å²) in [6.07, 6.45) is 4.10. The van der Waals surface area contributed by atoms with Crippen LogP contribution in [-0.4, -0.2) is 52.1 Å². The summed E-state index contributed by atoms with van der Waals surface area (Å²) in [5, 5.41) is 0. The van der Waals surface area contributed by atoms with Gasteiger partial charge in [-0.15, -0.1) is 24.8 Å². The van der Waals surface area contributed by atoms with E-state index in [1.807, 2.05) is 0 Å². The van der Waals surface area contributed by atoms with Crippen LogP contribution in [0, 0.1) is 5.41 Å². The summed E-state index contributed by atoms with van der Waals surface area (Å²) in [5.41, 5.74) is 7.62. The Balaban J connectivity index is 0.00000160. The third-order valence-corrected chi connectivity index (χ3v) is 5.65. The van der Waals surface area contributed by atoms with Gasteiger partial charge in [0.25, 0.3) is 17.7 Å². The first-order valence-electron chi connectivity index (χ1n) is 9.30. The molecule has 4 rings (SSSR count). The fourth-order valence-electron chi connectivity index (χ4n) is 3.78. The van der Waals surface area contributed by atoms with Crippen molar-refractivity contribution >= 4 is 42.5 Å². The molecular weight excluding hydrogens is 427 g/mol. The van der Waals surface area contributed by atoms with Gasteiger partial charge in [0.15, 0.2) is 0 Å². The molecule has 0 saturated carbocycles. The maximum Gasteiger partial charge on any atom is 0.261 e. The number of hydrogen-bond donors (Lipinski definition) is 1. The van der Waals surface area contributed by atoms with Crippen LogP contribution in [0.3, 0.4) is 0 Å². The summed E-state index contributed by atoms with van der Waals surface area (Å²) in [6, 6.07) is 8.27. The monoisotopic (exact) mass is 450 g/mol. The lowest BCUT2D eigenvalue weighted by Crippen LogP contribution is -2.34. The molecule has 2 aliphatic rings. The highest BCUT2D eigenvalue weighted by atomic mass is 35.5. The number of likely N-dealkylation sites (tertiary alicyclic amines) is 1. The molecule has 2 aliphatic heterocycles. The highest BCUT2D eigenvalue weighted by Gasteiger charge is 2.38. The lowest BCUT2D eigenvalue weighted by Gasteiger charge is -2.22. The van der Waals surface area contributed by atoms with Crippen LogP contribution in [0.1, 0.15) is 50.0 Å². The van der Waals surface area contributed by atoms with Crippen LogP contribution in [0.5, 0.6) is 0 Å². The van der Waals surface area contributed by atoms with Gasteiger partial charge in [0.2, 0.25) is 0 Å². The topological polar surface area (TPSA) is 96.6 Å². The third kappa shape index (κ3) is 4.19. The van der Waals surface area contributed by atoms with Crippen molar-refractivity contribution in [2.24, 2.45) is 11.1 Å². The second kappa shape index (κ2) is 9.12. The number of nitrogens with two attached hydrogens (primary N) is 1. The van der Waals surface area contributed by atoms with Gasteiger partial charge in [-0.3, -0.25) is 24.3 Å². The number of amides is 3. The summed E-state index contributed by atoms with van der Waals surface area (Å²) < 4.78 is 0. The fourth-order valence-corrected chi connectivity index (χ4v) is 3.78. The number of rotatable bonds is 4. The standard InChI is InChI=1S/C21H22N4O3.2ClH/c1-21(12-22)6-9-24(13-21)18(26)15-2-3-16-17(10-15)20(28)25(19(16)27)11-14-4-7-23-8-5-14;;/h2-5,7-8,10H,6,9,11-13,22H2,1H3;2*1H. The van der Waals surface area contributed by atoms with Gasteiger partial charge in [0.05, 0.1) is 17.7 Å². The minimum absolute atomic E-state index is 0. The van der Waals surface area contributed by atoms with Crippen molar-refractivity contribution in [3.8, 4) is 0 Å². The minimum atomic E-state index is -0.375. The first-order valence-corrected chi connectivity index (χ1v) is 9.30. The molecule has 9 heteroatoms. The Kier molecular flexibility index (Phi) is 7.23. The smallest absolute Gasteiger partial charge is 0.261 e. The van der Waals surface area contributed by atoms with Crippen LogP contribution < -0.4 is 5.73 Å². The van der Waals surface area contributed by atoms with Gasteiger partial charge in [-0.1, -0.05) is 6.92 Å². The van der Waals surface area contributed by atoms with E-state index in [0.717, 1.165) is 12.0 Å². The van der Waals surface area contributed by atoms with Crippen molar-refractivity contribution < 1.29 is 14.4 Å². The Morgan fingerprint density at radius 2 is 1.77 bits per heavy atom. The van der Waals surface area contributed by atoms with Crippen molar-refractivity contribution in [2.75, 3.05) is 19.6 Å². The zero-order chi connectivity index (χ0) is 19.9. The molecule has 3 amide bonds. The van der Waals surface area contributed by atoms with E-state index in [2.05, 4.69) is 11.9 Å². The SMILES string of the molecule is CC1(CN)CCN(C(=O)c2ccc3c(c2)C(=O)N(Cc2ccncc2)C3=O)C1.Cl.Cl. The first-order chi connectivity index (χ1) is 13.4. The molecule has 3 heterocycles. The predicted molar refractivity (Wildman–Crippen MR) is 117 cm³/mol. The van der Waals surface area contributed by atoms with Crippen molar-refractivity contribution in [3.05, 3.63) is 65.0 Å². The van der Waals surface area contributed by atoms with Crippen LogP contribution in [0.25, 0.3) is 0 Å². The van der Waals surface area contributed by atoms with Crippen molar-refractivity contribution in [3.63, 3.8) is 0 Å². The van der Waals surface area contributed by atoms with Crippen LogP contribution in [-0.2, 0) is 6.54 Å². The zero-order valence-electron chi connectivity index (χ0n) is 16.5. The molecule has 0 bridgehead atoms. The fraction of sp³-hybridized carbons (Fsp3) is 0.333. The molecule has 2 N–H and O–H groups in total. The Morgan fingerprint density at radius 1 is 1.10 bits per heavy atom. The van der Waals surface area contributed by atoms with Crippen LogP contribution in [0.4, 0.5) is 0 Å². The van der Waals surface area contributed by atoms with Gasteiger partial charge in [0.1, 0.15) is 0 Å². The normalized spacial score (nSPS) is 19.9. The maximum atomic E-state index is 12.9. The molecule has 1 saturated heterocycles. The molecule has 7 nitrogen and oxygen atoms in total. The third-order valence-electron chi connectivity index (χ3n) is 5.65. The largest absolute Gasteiger partial charge is 0.338 e. The molecule has 1 aromatic heterocycles. The van der Waals surface area contributed by atoms with E-state index in [1.165, 1.54) is 4.90 Å². The Morgan fingerprint density at radius 3 is 2.40 bits per heavy atom. The second-order valence-corrected chi connectivity index (χ2v) is 7.80. The zero-order valence-corrected chi connectivity index (χ0v) is 18.2. The average Bonchev–Trinajstić information content (AvgIpc) is 3.23. The molecule has 0 aliphatic carbocycles. The molecule has 160 valence electrons. The Labute approximate surface area is 187 Å². The van der Waals surface area contributed by atoms with E-state index in [9.17, 15) is 14.4 Å². The molecule has 1 atom stereocenters. The number of halogens is 2. The minimum Gasteiger partial charge on any atom is -0.338 e. The predicted octanol–water partition coefficient (Wildman–Crippen LogP) is 2.53. The lowest BCUT2D eigenvalue weighted by molar-refractivity contribution is 0.0642. The van der Waals surface area contributed by atoms with Gasteiger partial charge >= 0.3 is 0 Å². The highest BCUT2D eigenvalue weighted by molar-refractivity contribution is 6.22. The second-order valence-electron chi connectivity index (χ2n) is 7.80. The molecule has 0 radical (unpaired) electrons. The number of aromatic nitrogens is 1. The van der Waals surface area contributed by atoms with Crippen molar-refractivity contribution in [2.45, 2.75) is 19.9 Å². The molecule has 1 unspecified atom stereocenters. The number of hydrogen-bond acceptors (Lipinski definition) is 5. The number of nitrogens with zero attached hydrogens (tertiary/aromatic N) is 3. The Bertz CT molecular complexity index is 970. The summed E-state index contributed by atoms with van der Waals surface area (Å²) in [5.74, 6) is -0.847. The van der Waals surface area contributed by atoms with Crippen LogP contribution in [0.2, 0.25) is 0 Å². The molecule has 1 fully saturated rings. The van der Waals surface area contributed by atoms with E-state index < -0.39 is 0 Å². The molecule has 0 spiro atoms. The molecule has 30 heavy (non-hydrogen) atoms. The van der Waals surface area contributed by atoms with E-state index in [-0.39, 0.29) is 60.1 Å². The van der Waals surface area contributed by atoms with E-state index >= 15 is 0 Å². The van der Waals surface area contributed by atoms with Gasteiger partial charge in [-0.2, -0.15) is 0 Å². The molecule has 1 aromatic carbocycles. The van der Waals surface area contributed by atoms with Gasteiger partial charge in [-0.05, 0) is 54.3 Å². The molecule has 2 aromatic rings. The van der Waals surface area contributed by atoms with Gasteiger partial charge in [-0.25, -0.2) is 0 Å². The van der Waals surface area contributed by atoms with Gasteiger partial charge < -0.3 is 10.6 Å². The van der Waals surface area contributed by atoms with E-state index in [1.54, 1.807) is 47.6 Å². The average molecular weight is 451 g/mol. The Hall–Kier alpha value is -2.48. The van der Waals surface area contributed by atoms with Crippen molar-refractivity contribution in [1.29, 1.82) is 0 Å². The number of carbonyl (C=O) groups is 3. The number of carbonyl (C=O) groups excluding carboxylic acids is 3. The van der Waals surface area contributed by atoms with E-state index in [4.69, 9.17) is 5.73 Å². The summed E-state index contributed by atoms with van der Waals surface area (Å²) in [7, 11) is 0. The maximum absolute atomic E-state index is 12.9. The van der Waals surface area contributed by atoms with Crippen LogP contribution in [0.15, 0.2) is 42.7 Å². The number of pyridine rings is 1.